The molecule has 0 saturated carbocycles. The third kappa shape index (κ3) is 6.35. The summed E-state index contributed by atoms with van der Waals surface area (Å²) in [7, 11) is 4.14. The predicted molar refractivity (Wildman–Crippen MR) is 61.5 cm³/mol. The maximum atomic E-state index is 8.96. The van der Waals surface area contributed by atoms with Gasteiger partial charge in [0, 0.05) is 25.7 Å². The number of nitrogens with zero attached hydrogens (tertiary/aromatic N) is 1. The molecular formula is C11H26N2O. The second kappa shape index (κ2) is 6.38. The Bertz CT molecular complexity index is 141. The molecule has 0 aromatic heterocycles. The molecule has 3 nitrogen and oxygen atoms in total. The zero-order valence-electron chi connectivity index (χ0n) is 10.3. The van der Waals surface area contributed by atoms with Crippen LogP contribution >= 0.6 is 0 Å². The highest BCUT2D eigenvalue weighted by Crippen LogP contribution is 2.21. The van der Waals surface area contributed by atoms with Crippen LogP contribution in [0.2, 0.25) is 0 Å². The van der Waals surface area contributed by atoms with E-state index in [1.165, 1.54) is 0 Å². The van der Waals surface area contributed by atoms with Gasteiger partial charge in [-0.2, -0.15) is 0 Å². The third-order valence-electron chi connectivity index (χ3n) is 2.41. The van der Waals surface area contributed by atoms with Gasteiger partial charge in [-0.15, -0.1) is 0 Å². The van der Waals surface area contributed by atoms with Gasteiger partial charge in [0.15, 0.2) is 0 Å². The van der Waals surface area contributed by atoms with Gasteiger partial charge < -0.3 is 15.3 Å². The number of hydrogen-bond acceptors (Lipinski definition) is 3. The van der Waals surface area contributed by atoms with Crippen molar-refractivity contribution in [3.8, 4) is 0 Å². The first-order chi connectivity index (χ1) is 6.38. The minimum absolute atomic E-state index is 0.217. The zero-order valence-corrected chi connectivity index (χ0v) is 10.3. The Balaban J connectivity index is 3.86. The summed E-state index contributed by atoms with van der Waals surface area (Å²) in [6.45, 7) is 8.89. The van der Waals surface area contributed by atoms with Crippen LogP contribution in [0.3, 0.4) is 0 Å². The van der Waals surface area contributed by atoms with Gasteiger partial charge in [0.25, 0.3) is 0 Å². The summed E-state index contributed by atoms with van der Waals surface area (Å²) in [5.41, 5.74) is 0.217. The van der Waals surface area contributed by atoms with Crippen LogP contribution < -0.4 is 5.32 Å². The summed E-state index contributed by atoms with van der Waals surface area (Å²) in [6.07, 6.45) is 0.830. The summed E-state index contributed by atoms with van der Waals surface area (Å²) >= 11 is 0. The van der Waals surface area contributed by atoms with Gasteiger partial charge in [-0.3, -0.25) is 0 Å². The molecule has 1 unspecified atom stereocenters. The lowest BCUT2D eigenvalue weighted by atomic mass is 9.85. The first kappa shape index (κ1) is 13.9. The highest BCUT2D eigenvalue weighted by molar-refractivity contribution is 4.80. The van der Waals surface area contributed by atoms with E-state index in [9.17, 15) is 0 Å². The SMILES string of the molecule is CN(C)CCNC(CCO)C(C)(C)C. The number of hydrogen-bond donors (Lipinski definition) is 2. The number of aliphatic hydroxyl groups excluding tert-OH is 1. The molecule has 3 heteroatoms. The summed E-state index contributed by atoms with van der Waals surface area (Å²) in [6, 6.07) is 0.396. The van der Waals surface area contributed by atoms with Gasteiger partial charge in [-0.1, -0.05) is 20.8 Å². The third-order valence-corrected chi connectivity index (χ3v) is 2.41. The van der Waals surface area contributed by atoms with E-state index in [-0.39, 0.29) is 12.0 Å². The fourth-order valence-electron chi connectivity index (χ4n) is 1.43. The van der Waals surface area contributed by atoms with E-state index in [0.29, 0.717) is 6.04 Å². The van der Waals surface area contributed by atoms with Crippen LogP contribution in [0, 0.1) is 5.41 Å². The van der Waals surface area contributed by atoms with Gasteiger partial charge in [-0.25, -0.2) is 0 Å². The van der Waals surface area contributed by atoms with Crippen LogP contribution in [0.25, 0.3) is 0 Å². The molecule has 2 N–H and O–H groups in total. The van der Waals surface area contributed by atoms with Crippen molar-refractivity contribution in [2.24, 2.45) is 5.41 Å². The van der Waals surface area contributed by atoms with Crippen LogP contribution in [0.1, 0.15) is 27.2 Å². The molecule has 0 aliphatic carbocycles. The molecule has 0 aromatic carbocycles. The van der Waals surface area contributed by atoms with Crippen molar-refractivity contribution in [1.29, 1.82) is 0 Å². The van der Waals surface area contributed by atoms with Crippen LogP contribution in [-0.4, -0.2) is 49.8 Å². The van der Waals surface area contributed by atoms with E-state index in [4.69, 9.17) is 5.11 Å². The first-order valence-corrected chi connectivity index (χ1v) is 5.37. The number of nitrogens with one attached hydrogen (secondary N) is 1. The van der Waals surface area contributed by atoms with Crippen molar-refractivity contribution in [3.63, 3.8) is 0 Å². The molecule has 0 heterocycles. The van der Waals surface area contributed by atoms with Gasteiger partial charge >= 0.3 is 0 Å². The van der Waals surface area contributed by atoms with Crippen molar-refractivity contribution in [2.75, 3.05) is 33.8 Å². The Labute approximate surface area is 88.5 Å². The van der Waals surface area contributed by atoms with Gasteiger partial charge in [0.2, 0.25) is 0 Å². The van der Waals surface area contributed by atoms with Crippen LogP contribution in [0.15, 0.2) is 0 Å². The molecule has 0 fully saturated rings. The highest BCUT2D eigenvalue weighted by atomic mass is 16.3. The average Bonchev–Trinajstić information content (AvgIpc) is 2.00. The zero-order chi connectivity index (χ0) is 11.2. The predicted octanol–water partition coefficient (Wildman–Crippen LogP) is 0.935. The summed E-state index contributed by atoms with van der Waals surface area (Å²) < 4.78 is 0. The Morgan fingerprint density at radius 2 is 1.86 bits per heavy atom. The van der Waals surface area contributed by atoms with E-state index < -0.39 is 0 Å². The maximum absolute atomic E-state index is 8.96. The van der Waals surface area contributed by atoms with E-state index in [1.807, 2.05) is 0 Å². The van der Waals surface area contributed by atoms with Gasteiger partial charge in [0.1, 0.15) is 0 Å². The quantitative estimate of drug-likeness (QED) is 0.673. The Kier molecular flexibility index (Phi) is 6.33. The summed E-state index contributed by atoms with van der Waals surface area (Å²) in [5, 5.41) is 12.4. The molecule has 0 amide bonds. The van der Waals surface area contributed by atoms with E-state index in [1.54, 1.807) is 0 Å². The molecular weight excluding hydrogens is 176 g/mol. The van der Waals surface area contributed by atoms with E-state index >= 15 is 0 Å². The smallest absolute Gasteiger partial charge is 0.0446 e. The minimum Gasteiger partial charge on any atom is -0.396 e. The summed E-state index contributed by atoms with van der Waals surface area (Å²) in [4.78, 5) is 2.16. The molecule has 0 spiro atoms. The van der Waals surface area contributed by atoms with Crippen LogP contribution in [0.5, 0.6) is 0 Å². The topological polar surface area (TPSA) is 35.5 Å². The highest BCUT2D eigenvalue weighted by Gasteiger charge is 2.22. The van der Waals surface area contributed by atoms with Crippen molar-refractivity contribution < 1.29 is 5.11 Å². The van der Waals surface area contributed by atoms with Crippen molar-refractivity contribution in [1.82, 2.24) is 10.2 Å². The molecule has 0 radical (unpaired) electrons. The molecule has 14 heavy (non-hydrogen) atoms. The monoisotopic (exact) mass is 202 g/mol. The normalized spacial score (nSPS) is 14.8. The average molecular weight is 202 g/mol. The Morgan fingerprint density at radius 1 is 1.29 bits per heavy atom. The summed E-state index contributed by atoms with van der Waals surface area (Å²) in [5.74, 6) is 0. The molecule has 0 aliphatic rings. The number of likely N-dealkylation sites (N-methyl/N-ethyl adjacent to an activating group) is 1. The minimum atomic E-state index is 0.217. The molecule has 0 saturated heterocycles. The Hall–Kier alpha value is -0.120. The molecule has 0 bridgehead atoms. The van der Waals surface area contributed by atoms with Crippen LogP contribution in [-0.2, 0) is 0 Å². The van der Waals surface area contributed by atoms with E-state index in [0.717, 1.165) is 19.5 Å². The Morgan fingerprint density at radius 3 is 2.21 bits per heavy atom. The first-order valence-electron chi connectivity index (χ1n) is 5.37. The van der Waals surface area contributed by atoms with Crippen molar-refractivity contribution in [3.05, 3.63) is 0 Å². The fourth-order valence-corrected chi connectivity index (χ4v) is 1.43. The number of rotatable bonds is 6. The number of aliphatic hydroxyl groups is 1. The fraction of sp³-hybridized carbons (Fsp3) is 1.00. The lowest BCUT2D eigenvalue weighted by molar-refractivity contribution is 0.194. The molecule has 86 valence electrons. The molecule has 0 rings (SSSR count). The van der Waals surface area contributed by atoms with Gasteiger partial charge in [0.05, 0.1) is 0 Å². The van der Waals surface area contributed by atoms with Gasteiger partial charge in [-0.05, 0) is 25.9 Å². The molecule has 0 aromatic rings. The largest absolute Gasteiger partial charge is 0.396 e. The second-order valence-electron chi connectivity index (χ2n) is 5.19. The lowest BCUT2D eigenvalue weighted by Gasteiger charge is -2.31. The lowest BCUT2D eigenvalue weighted by Crippen LogP contribution is -2.43. The van der Waals surface area contributed by atoms with Crippen molar-refractivity contribution >= 4 is 0 Å². The second-order valence-corrected chi connectivity index (χ2v) is 5.19. The maximum Gasteiger partial charge on any atom is 0.0446 e. The molecule has 1 atom stereocenters. The van der Waals surface area contributed by atoms with Crippen molar-refractivity contribution in [2.45, 2.75) is 33.2 Å². The molecule has 0 aliphatic heterocycles. The van der Waals surface area contributed by atoms with E-state index in [2.05, 4.69) is 45.1 Å². The van der Waals surface area contributed by atoms with Crippen LogP contribution in [0.4, 0.5) is 0 Å². The standard InChI is InChI=1S/C11H26N2O/c1-11(2,3)10(6-9-14)12-7-8-13(4)5/h10,12,14H,6-9H2,1-5H3.